The highest BCUT2D eigenvalue weighted by Crippen LogP contribution is 2.27. The molecule has 0 fully saturated rings. The molecule has 0 atom stereocenters. The topological polar surface area (TPSA) is 68.1 Å². The smallest absolute Gasteiger partial charge is 0.381 e. The van der Waals surface area contributed by atoms with Crippen molar-refractivity contribution >= 4 is 11.5 Å². The highest BCUT2D eigenvalue weighted by atomic mass is 19.1. The van der Waals surface area contributed by atoms with Crippen molar-refractivity contribution < 1.29 is 9.31 Å². The zero-order chi connectivity index (χ0) is 10.7. The third kappa shape index (κ3) is 1.63. The normalized spacial score (nSPS) is 9.93. The first-order valence-electron chi connectivity index (χ1n) is 4.11. The number of hydrogen-bond acceptors (Lipinski definition) is 4. The van der Waals surface area contributed by atoms with Gasteiger partial charge in [0, 0.05) is 12.6 Å². The molecule has 5 nitrogen and oxygen atoms in total. The first-order chi connectivity index (χ1) is 6.61. The third-order valence-corrected chi connectivity index (χ3v) is 1.89. The lowest BCUT2D eigenvalue weighted by Crippen LogP contribution is -2.05. The maximum absolute atomic E-state index is 13.2. The van der Waals surface area contributed by atoms with E-state index < -0.39 is 10.7 Å². The zero-order valence-corrected chi connectivity index (χ0v) is 7.87. The van der Waals surface area contributed by atoms with E-state index in [2.05, 4.69) is 10.3 Å². The van der Waals surface area contributed by atoms with Crippen molar-refractivity contribution in [3.05, 3.63) is 27.7 Å². The van der Waals surface area contributed by atoms with Crippen LogP contribution in [0, 0.1) is 15.9 Å². The van der Waals surface area contributed by atoms with Crippen LogP contribution in [-0.4, -0.2) is 17.0 Å². The molecule has 0 aliphatic heterocycles. The monoisotopic (exact) mass is 199 g/mol. The van der Waals surface area contributed by atoms with Gasteiger partial charge in [-0.2, -0.15) is 0 Å². The van der Waals surface area contributed by atoms with Crippen molar-refractivity contribution in [3.63, 3.8) is 0 Å². The molecule has 14 heavy (non-hydrogen) atoms. The van der Waals surface area contributed by atoms with Gasteiger partial charge in [0.25, 0.3) is 0 Å². The Morgan fingerprint density at radius 1 is 1.71 bits per heavy atom. The molecular formula is C8H10FN3O2. The Kier molecular flexibility index (Phi) is 2.95. The third-order valence-electron chi connectivity index (χ3n) is 1.89. The molecule has 1 aromatic rings. The highest BCUT2D eigenvalue weighted by Gasteiger charge is 2.20. The summed E-state index contributed by atoms with van der Waals surface area (Å²) in [6.07, 6.45) is 1.25. The molecule has 1 rings (SSSR count). The Morgan fingerprint density at radius 3 is 2.79 bits per heavy atom. The van der Waals surface area contributed by atoms with E-state index in [4.69, 9.17) is 0 Å². The first kappa shape index (κ1) is 10.4. The number of nitrogens with one attached hydrogen (secondary N) is 1. The second-order valence-corrected chi connectivity index (χ2v) is 2.64. The molecule has 0 aliphatic rings. The lowest BCUT2D eigenvalue weighted by Gasteiger charge is -2.06. The van der Waals surface area contributed by atoms with Crippen LogP contribution in [0.4, 0.5) is 15.9 Å². The van der Waals surface area contributed by atoms with Crippen molar-refractivity contribution in [1.82, 2.24) is 4.98 Å². The van der Waals surface area contributed by atoms with Gasteiger partial charge in [-0.15, -0.1) is 0 Å². The van der Waals surface area contributed by atoms with Crippen LogP contribution in [0.2, 0.25) is 0 Å². The fourth-order valence-corrected chi connectivity index (χ4v) is 1.26. The lowest BCUT2D eigenvalue weighted by atomic mass is 10.1. The molecular weight excluding hydrogens is 189 g/mol. The minimum absolute atomic E-state index is 0.150. The van der Waals surface area contributed by atoms with Crippen LogP contribution in [-0.2, 0) is 6.42 Å². The molecule has 0 aliphatic carbocycles. The second-order valence-electron chi connectivity index (χ2n) is 2.64. The lowest BCUT2D eigenvalue weighted by molar-refractivity contribution is -0.388. The van der Waals surface area contributed by atoms with Gasteiger partial charge in [0.2, 0.25) is 0 Å². The predicted molar refractivity (Wildman–Crippen MR) is 49.8 cm³/mol. The largest absolute Gasteiger partial charge is 0.387 e. The fourth-order valence-electron chi connectivity index (χ4n) is 1.26. The van der Waals surface area contributed by atoms with Gasteiger partial charge in [0.1, 0.15) is 5.69 Å². The summed E-state index contributed by atoms with van der Waals surface area (Å²) in [7, 11) is 1.50. The SMILES string of the molecule is CCc1c(F)cnc([N+](=O)[O-])c1NC. The van der Waals surface area contributed by atoms with Crippen molar-refractivity contribution in [2.75, 3.05) is 12.4 Å². The zero-order valence-electron chi connectivity index (χ0n) is 7.87. The molecule has 76 valence electrons. The Balaban J connectivity index is 3.40. The maximum Gasteiger partial charge on any atom is 0.387 e. The molecule has 0 aromatic carbocycles. The molecule has 1 N–H and O–H groups in total. The van der Waals surface area contributed by atoms with Crippen LogP contribution < -0.4 is 5.32 Å². The number of nitrogens with zero attached hydrogens (tertiary/aromatic N) is 2. The summed E-state index contributed by atoms with van der Waals surface area (Å²) in [5.41, 5.74) is 0.437. The van der Waals surface area contributed by atoms with Gasteiger partial charge in [-0.05, 0) is 16.3 Å². The van der Waals surface area contributed by atoms with Gasteiger partial charge in [-0.1, -0.05) is 6.92 Å². The Labute approximate surface area is 80.1 Å². The van der Waals surface area contributed by atoms with Crippen LogP contribution >= 0.6 is 0 Å². The van der Waals surface area contributed by atoms with Crippen LogP contribution in [0.15, 0.2) is 6.20 Å². The maximum atomic E-state index is 13.2. The van der Waals surface area contributed by atoms with Crippen molar-refractivity contribution in [3.8, 4) is 0 Å². The molecule has 0 amide bonds. The summed E-state index contributed by atoms with van der Waals surface area (Å²) in [5.74, 6) is -0.867. The minimum Gasteiger partial charge on any atom is -0.381 e. The number of aromatic nitrogens is 1. The molecule has 1 heterocycles. The Bertz CT molecular complexity index is 368. The Hall–Kier alpha value is -1.72. The summed E-state index contributed by atoms with van der Waals surface area (Å²) in [6.45, 7) is 1.73. The first-order valence-corrected chi connectivity index (χ1v) is 4.11. The van der Waals surface area contributed by atoms with Crippen LogP contribution in [0.1, 0.15) is 12.5 Å². The van der Waals surface area contributed by atoms with Crippen molar-refractivity contribution in [2.24, 2.45) is 0 Å². The van der Waals surface area contributed by atoms with Gasteiger partial charge < -0.3 is 15.4 Å². The fraction of sp³-hybridized carbons (Fsp3) is 0.375. The van der Waals surface area contributed by atoms with Gasteiger partial charge in [-0.3, -0.25) is 0 Å². The van der Waals surface area contributed by atoms with E-state index in [9.17, 15) is 14.5 Å². The quantitative estimate of drug-likeness (QED) is 0.594. The van der Waals surface area contributed by atoms with Crippen LogP contribution in [0.25, 0.3) is 0 Å². The van der Waals surface area contributed by atoms with E-state index in [-0.39, 0.29) is 17.1 Å². The summed E-state index contributed by atoms with van der Waals surface area (Å²) in [4.78, 5) is 13.3. The molecule has 0 saturated heterocycles. The van der Waals surface area contributed by atoms with E-state index in [0.29, 0.717) is 6.42 Å². The number of anilines is 1. The summed E-state index contributed by atoms with van der Waals surface area (Å²) < 4.78 is 13.2. The second kappa shape index (κ2) is 3.99. The molecule has 0 radical (unpaired) electrons. The van der Waals surface area contributed by atoms with E-state index in [1.165, 1.54) is 7.05 Å². The number of halogens is 1. The van der Waals surface area contributed by atoms with Gasteiger partial charge in [-0.25, -0.2) is 4.39 Å². The van der Waals surface area contributed by atoms with Crippen molar-refractivity contribution in [2.45, 2.75) is 13.3 Å². The summed E-state index contributed by atoms with van der Waals surface area (Å²) in [6, 6.07) is 0. The van der Waals surface area contributed by atoms with E-state index in [1.807, 2.05) is 0 Å². The molecule has 0 spiro atoms. The summed E-state index contributed by atoms with van der Waals surface area (Å²) >= 11 is 0. The molecule has 6 heteroatoms. The average Bonchev–Trinajstić information content (AvgIpc) is 2.16. The van der Waals surface area contributed by atoms with Crippen LogP contribution in [0.3, 0.4) is 0 Å². The van der Waals surface area contributed by atoms with Gasteiger partial charge >= 0.3 is 5.82 Å². The van der Waals surface area contributed by atoms with Gasteiger partial charge in [0.15, 0.2) is 12.0 Å². The van der Waals surface area contributed by atoms with E-state index in [0.717, 1.165) is 6.20 Å². The summed E-state index contributed by atoms with van der Waals surface area (Å²) in [5, 5.41) is 13.1. The predicted octanol–water partition coefficient (Wildman–Crippen LogP) is 1.73. The van der Waals surface area contributed by atoms with E-state index in [1.54, 1.807) is 6.92 Å². The Morgan fingerprint density at radius 2 is 2.36 bits per heavy atom. The highest BCUT2D eigenvalue weighted by molar-refractivity contribution is 5.62. The van der Waals surface area contributed by atoms with Gasteiger partial charge in [0.05, 0.1) is 0 Å². The average molecular weight is 199 g/mol. The van der Waals surface area contributed by atoms with E-state index >= 15 is 0 Å². The molecule has 0 unspecified atom stereocenters. The molecule has 1 aromatic heterocycles. The number of hydrogen-bond donors (Lipinski definition) is 1. The number of nitro groups is 1. The number of pyridine rings is 1. The molecule has 0 bridgehead atoms. The van der Waals surface area contributed by atoms with Crippen LogP contribution in [0.5, 0.6) is 0 Å². The standard InChI is InChI=1S/C8H10FN3O2/c1-3-5-6(9)4-11-8(12(13)14)7(5)10-2/h4,10H,3H2,1-2H3. The number of rotatable bonds is 3. The minimum atomic E-state index is -0.634. The van der Waals surface area contributed by atoms with Crippen molar-refractivity contribution in [1.29, 1.82) is 0 Å². The molecule has 0 saturated carbocycles.